The molecule has 17 heavy (non-hydrogen) atoms. The van der Waals surface area contributed by atoms with Crippen molar-refractivity contribution < 1.29 is 24.3 Å². The Bertz CT molecular complexity index is 425. The molecule has 8 heteroatoms. The van der Waals surface area contributed by atoms with E-state index in [-0.39, 0.29) is 12.3 Å². The van der Waals surface area contributed by atoms with Gasteiger partial charge in [-0.3, -0.25) is 14.9 Å². The minimum atomic E-state index is -1.45. The summed E-state index contributed by atoms with van der Waals surface area (Å²) < 4.78 is 4.65. The topological polar surface area (TPSA) is 126 Å². The van der Waals surface area contributed by atoms with Gasteiger partial charge in [-0.05, 0) is 13.0 Å². The van der Waals surface area contributed by atoms with Gasteiger partial charge in [-0.15, -0.1) is 0 Å². The van der Waals surface area contributed by atoms with E-state index < -0.39 is 28.9 Å². The third-order valence-corrected chi connectivity index (χ3v) is 1.97. The molecule has 0 aromatic carbocycles. The molecule has 1 atom stereocenters. The fourth-order valence-corrected chi connectivity index (χ4v) is 0.962. The Hall–Kier alpha value is -1.93. The summed E-state index contributed by atoms with van der Waals surface area (Å²) in [6.07, 6.45) is 0. The quantitative estimate of drug-likeness (QED) is 0.480. The molecule has 0 radical (unpaired) electrons. The fourth-order valence-electron chi connectivity index (χ4n) is 0.962. The molecule has 1 unspecified atom stereocenters. The molecule has 0 spiro atoms. The number of nitrogens with zero attached hydrogens (tertiary/aromatic N) is 1. The van der Waals surface area contributed by atoms with Crippen molar-refractivity contribution in [2.24, 2.45) is 0 Å². The Morgan fingerprint density at radius 1 is 1.65 bits per heavy atom. The van der Waals surface area contributed by atoms with E-state index in [1.54, 1.807) is 0 Å². The van der Waals surface area contributed by atoms with E-state index >= 15 is 0 Å². The van der Waals surface area contributed by atoms with E-state index in [0.29, 0.717) is 0 Å². The van der Waals surface area contributed by atoms with Gasteiger partial charge in [0.2, 0.25) is 0 Å². The number of aliphatic hydroxyl groups is 2. The Balaban J connectivity index is 2.61. The van der Waals surface area contributed by atoms with Crippen molar-refractivity contribution in [2.45, 2.75) is 12.5 Å². The second-order valence-electron chi connectivity index (χ2n) is 3.73. The van der Waals surface area contributed by atoms with Crippen LogP contribution in [-0.4, -0.2) is 39.8 Å². The summed E-state index contributed by atoms with van der Waals surface area (Å²) in [5, 5.41) is 30.7. The maximum absolute atomic E-state index is 11.4. The van der Waals surface area contributed by atoms with Crippen LogP contribution in [-0.2, 0) is 0 Å². The van der Waals surface area contributed by atoms with Crippen molar-refractivity contribution in [2.75, 3.05) is 13.2 Å². The number of nitro groups is 1. The van der Waals surface area contributed by atoms with Crippen LogP contribution in [0.2, 0.25) is 0 Å². The van der Waals surface area contributed by atoms with E-state index in [2.05, 4.69) is 9.73 Å². The third-order valence-electron chi connectivity index (χ3n) is 1.97. The Labute approximate surface area is 96.0 Å². The van der Waals surface area contributed by atoms with E-state index in [1.165, 1.54) is 6.92 Å². The lowest BCUT2D eigenvalue weighted by molar-refractivity contribution is -0.402. The highest BCUT2D eigenvalue weighted by Gasteiger charge is 2.22. The molecule has 0 saturated carbocycles. The Kier molecular flexibility index (Phi) is 3.81. The van der Waals surface area contributed by atoms with Gasteiger partial charge in [-0.1, -0.05) is 0 Å². The van der Waals surface area contributed by atoms with Crippen LogP contribution in [0.25, 0.3) is 0 Å². The lowest BCUT2D eigenvalue weighted by Gasteiger charge is -2.19. The van der Waals surface area contributed by atoms with Crippen molar-refractivity contribution in [1.29, 1.82) is 0 Å². The van der Waals surface area contributed by atoms with Gasteiger partial charge >= 0.3 is 5.88 Å². The standard InChI is InChI=1S/C9H12N2O6/c1-9(14,5-12)4-10-8(13)6-2-3-7(17-6)11(15)16/h2-3,12,14H,4-5H2,1H3,(H,10,13). The minimum Gasteiger partial charge on any atom is -0.395 e. The van der Waals surface area contributed by atoms with Crippen LogP contribution in [0, 0.1) is 10.1 Å². The highest BCUT2D eigenvalue weighted by Crippen LogP contribution is 2.15. The smallest absolute Gasteiger partial charge is 0.395 e. The molecule has 0 aliphatic rings. The molecular formula is C9H12N2O6. The molecule has 3 N–H and O–H groups in total. The SMILES string of the molecule is CC(O)(CO)CNC(=O)c1ccc([N+](=O)[O-])o1. The molecule has 0 saturated heterocycles. The molecule has 0 aliphatic carbocycles. The summed E-state index contributed by atoms with van der Waals surface area (Å²) in [6, 6.07) is 2.21. The number of rotatable bonds is 5. The number of hydrogen-bond acceptors (Lipinski definition) is 6. The average Bonchev–Trinajstić information content (AvgIpc) is 2.75. The molecule has 8 nitrogen and oxygen atoms in total. The first-order valence-electron chi connectivity index (χ1n) is 4.71. The van der Waals surface area contributed by atoms with Crippen LogP contribution < -0.4 is 5.32 Å². The van der Waals surface area contributed by atoms with Crippen molar-refractivity contribution in [3.63, 3.8) is 0 Å². The van der Waals surface area contributed by atoms with Crippen LogP contribution in [0.4, 0.5) is 5.88 Å². The fraction of sp³-hybridized carbons (Fsp3) is 0.444. The van der Waals surface area contributed by atoms with Crippen LogP contribution in [0.15, 0.2) is 16.5 Å². The molecule has 1 heterocycles. The molecule has 0 bridgehead atoms. The van der Waals surface area contributed by atoms with Crippen LogP contribution in [0.3, 0.4) is 0 Å². The summed E-state index contributed by atoms with van der Waals surface area (Å²) in [6.45, 7) is 0.611. The summed E-state index contributed by atoms with van der Waals surface area (Å²) in [5.74, 6) is -1.47. The number of aliphatic hydroxyl groups excluding tert-OH is 1. The van der Waals surface area contributed by atoms with Gasteiger partial charge in [-0.25, -0.2) is 0 Å². The van der Waals surface area contributed by atoms with Crippen LogP contribution in [0.1, 0.15) is 17.5 Å². The van der Waals surface area contributed by atoms with Crippen molar-refractivity contribution in [3.05, 3.63) is 28.0 Å². The number of carbonyl (C=O) groups is 1. The second kappa shape index (κ2) is 4.93. The number of hydrogen-bond donors (Lipinski definition) is 3. The lowest BCUT2D eigenvalue weighted by Crippen LogP contribution is -2.43. The van der Waals surface area contributed by atoms with E-state index in [9.17, 15) is 20.0 Å². The summed E-state index contributed by atoms with van der Waals surface area (Å²) in [7, 11) is 0. The molecule has 94 valence electrons. The number of furan rings is 1. The van der Waals surface area contributed by atoms with Gasteiger partial charge in [0.25, 0.3) is 5.91 Å². The predicted molar refractivity (Wildman–Crippen MR) is 55.4 cm³/mol. The van der Waals surface area contributed by atoms with E-state index in [4.69, 9.17) is 5.11 Å². The molecule has 1 rings (SSSR count). The molecule has 1 aromatic rings. The minimum absolute atomic E-state index is 0.198. The predicted octanol–water partition coefficient (Wildman–Crippen LogP) is -0.339. The summed E-state index contributed by atoms with van der Waals surface area (Å²) >= 11 is 0. The number of carbonyl (C=O) groups excluding carboxylic acids is 1. The molecule has 0 fully saturated rings. The Morgan fingerprint density at radius 3 is 2.76 bits per heavy atom. The van der Waals surface area contributed by atoms with Gasteiger partial charge in [0.1, 0.15) is 10.5 Å². The van der Waals surface area contributed by atoms with Gasteiger partial charge in [-0.2, -0.15) is 0 Å². The zero-order chi connectivity index (χ0) is 13.1. The normalized spacial score (nSPS) is 14.1. The summed E-state index contributed by atoms with van der Waals surface area (Å²) in [4.78, 5) is 21.0. The van der Waals surface area contributed by atoms with Crippen molar-refractivity contribution >= 4 is 11.8 Å². The highest BCUT2D eigenvalue weighted by atomic mass is 16.6. The maximum atomic E-state index is 11.4. The molecular weight excluding hydrogens is 232 g/mol. The first-order chi connectivity index (χ1) is 7.85. The molecule has 1 aromatic heterocycles. The van der Waals surface area contributed by atoms with Gasteiger partial charge in [0, 0.05) is 6.54 Å². The zero-order valence-corrected chi connectivity index (χ0v) is 9.04. The van der Waals surface area contributed by atoms with Gasteiger partial charge < -0.3 is 19.9 Å². The first-order valence-corrected chi connectivity index (χ1v) is 4.71. The average molecular weight is 244 g/mol. The molecule has 0 aliphatic heterocycles. The monoisotopic (exact) mass is 244 g/mol. The first kappa shape index (κ1) is 13.1. The Morgan fingerprint density at radius 2 is 2.29 bits per heavy atom. The highest BCUT2D eigenvalue weighted by molar-refractivity contribution is 5.91. The number of amides is 1. The van der Waals surface area contributed by atoms with Crippen LogP contribution >= 0.6 is 0 Å². The van der Waals surface area contributed by atoms with Gasteiger partial charge in [0.05, 0.1) is 12.7 Å². The van der Waals surface area contributed by atoms with E-state index in [0.717, 1.165) is 12.1 Å². The maximum Gasteiger partial charge on any atom is 0.433 e. The second-order valence-corrected chi connectivity index (χ2v) is 3.73. The third kappa shape index (κ3) is 3.54. The summed E-state index contributed by atoms with van der Waals surface area (Å²) in [5.41, 5.74) is -1.45. The van der Waals surface area contributed by atoms with Crippen molar-refractivity contribution in [1.82, 2.24) is 5.32 Å². The zero-order valence-electron chi connectivity index (χ0n) is 9.04. The largest absolute Gasteiger partial charge is 0.433 e. The van der Waals surface area contributed by atoms with Crippen molar-refractivity contribution in [3.8, 4) is 0 Å². The number of nitrogens with one attached hydrogen (secondary N) is 1. The lowest BCUT2D eigenvalue weighted by atomic mass is 10.1. The van der Waals surface area contributed by atoms with Crippen LogP contribution in [0.5, 0.6) is 0 Å². The molecule has 1 amide bonds. The van der Waals surface area contributed by atoms with E-state index in [1.807, 2.05) is 0 Å². The van der Waals surface area contributed by atoms with Gasteiger partial charge in [0.15, 0.2) is 5.76 Å².